The molecule has 1 atom stereocenters. The molecule has 0 aliphatic heterocycles. The molecule has 1 N–H and O–H groups in total. The fourth-order valence-electron chi connectivity index (χ4n) is 4.81. The Morgan fingerprint density at radius 3 is 2.38 bits per heavy atom. The van der Waals surface area contributed by atoms with Gasteiger partial charge in [-0.05, 0) is 40.7 Å². The normalized spacial score (nSPS) is 13.3. The third-order valence-electron chi connectivity index (χ3n) is 6.49. The predicted octanol–water partition coefficient (Wildman–Crippen LogP) is 5.47. The number of nitro benzene ring substituents is 1. The summed E-state index contributed by atoms with van der Waals surface area (Å²) in [7, 11) is 0. The van der Waals surface area contributed by atoms with Crippen LogP contribution in [-0.4, -0.2) is 43.6 Å². The van der Waals surface area contributed by atoms with E-state index in [1.165, 1.54) is 22.9 Å². The number of hydrogen-bond donors (Lipinski definition) is 1. The Hall–Kier alpha value is -4.18. The van der Waals surface area contributed by atoms with Crippen LogP contribution < -0.4 is 5.32 Å². The number of non-ortho nitro benzene ring substituents is 1. The van der Waals surface area contributed by atoms with Gasteiger partial charge in [0.15, 0.2) is 0 Å². The van der Waals surface area contributed by atoms with Crippen molar-refractivity contribution in [3.8, 4) is 11.1 Å². The molecule has 0 saturated heterocycles. The summed E-state index contributed by atoms with van der Waals surface area (Å²) in [5.41, 5.74) is 5.34. The zero-order valence-electron chi connectivity index (χ0n) is 20.3. The molecular formula is C27H25N5O4S. The van der Waals surface area contributed by atoms with E-state index in [1.807, 2.05) is 38.1 Å². The van der Waals surface area contributed by atoms with Crippen molar-refractivity contribution in [2.45, 2.75) is 32.2 Å². The second-order valence-electron chi connectivity index (χ2n) is 9.42. The Labute approximate surface area is 218 Å². The van der Waals surface area contributed by atoms with Gasteiger partial charge in [-0.3, -0.25) is 10.1 Å². The van der Waals surface area contributed by atoms with Crippen molar-refractivity contribution in [2.75, 3.05) is 6.61 Å². The van der Waals surface area contributed by atoms with E-state index < -0.39 is 17.1 Å². The molecule has 10 heteroatoms. The maximum atomic E-state index is 13.0. The molecule has 5 rings (SSSR count). The van der Waals surface area contributed by atoms with Crippen LogP contribution in [0.25, 0.3) is 22.2 Å². The molecule has 0 saturated carbocycles. The topological polar surface area (TPSA) is 112 Å². The molecule has 1 aliphatic rings. The van der Waals surface area contributed by atoms with Crippen LogP contribution in [0.4, 0.5) is 10.5 Å². The number of nitro groups is 1. The van der Waals surface area contributed by atoms with Gasteiger partial charge in [-0.2, -0.15) is 0 Å². The van der Waals surface area contributed by atoms with Crippen LogP contribution in [0.15, 0.2) is 66.7 Å². The van der Waals surface area contributed by atoms with E-state index in [0.717, 1.165) is 22.3 Å². The standard InChI is InChI=1S/C27H25N5O4S/c1-16(2)13-24(26(37)31-25-14-17(32(34)35)11-12-23(25)29-30-31)28-27(33)36-15-22-20-9-5-3-7-18(20)19-8-4-6-10-21(19)22/h3-12,14,16,22,24H,13,15H2,1-2H3,(H,28,33)/t24-/m0/s1. The van der Waals surface area contributed by atoms with Crippen LogP contribution in [0, 0.1) is 16.0 Å². The molecule has 4 aromatic rings. The smallest absolute Gasteiger partial charge is 0.407 e. The summed E-state index contributed by atoms with van der Waals surface area (Å²) in [5.74, 6) is 0.134. The molecule has 0 fully saturated rings. The molecule has 0 unspecified atom stereocenters. The number of nitrogens with one attached hydrogen (secondary N) is 1. The molecule has 1 aliphatic carbocycles. The summed E-state index contributed by atoms with van der Waals surface area (Å²) >= 11 is 5.68. The van der Waals surface area contributed by atoms with Crippen LogP contribution in [0.5, 0.6) is 0 Å². The molecule has 37 heavy (non-hydrogen) atoms. The lowest BCUT2D eigenvalue weighted by atomic mass is 9.98. The van der Waals surface area contributed by atoms with Crippen molar-refractivity contribution in [3.05, 3.63) is 88.0 Å². The molecular weight excluding hydrogens is 490 g/mol. The summed E-state index contributed by atoms with van der Waals surface area (Å²) < 4.78 is 7.08. The van der Waals surface area contributed by atoms with Crippen molar-refractivity contribution in [3.63, 3.8) is 0 Å². The zero-order valence-corrected chi connectivity index (χ0v) is 21.1. The first-order valence-electron chi connectivity index (χ1n) is 12.0. The molecule has 3 aromatic carbocycles. The quantitative estimate of drug-likeness (QED) is 0.197. The van der Waals surface area contributed by atoms with Crippen LogP contribution >= 0.6 is 12.2 Å². The number of amides is 1. The molecule has 1 aromatic heterocycles. The zero-order chi connectivity index (χ0) is 26.1. The Morgan fingerprint density at radius 1 is 1.11 bits per heavy atom. The highest BCUT2D eigenvalue weighted by molar-refractivity contribution is 7.80. The molecule has 188 valence electrons. The molecule has 0 radical (unpaired) electrons. The van der Waals surface area contributed by atoms with E-state index in [-0.39, 0.29) is 29.1 Å². The molecule has 9 nitrogen and oxygen atoms in total. The lowest BCUT2D eigenvalue weighted by Gasteiger charge is -2.22. The van der Waals surface area contributed by atoms with E-state index in [4.69, 9.17) is 17.0 Å². The van der Waals surface area contributed by atoms with Crippen molar-refractivity contribution >= 4 is 40.0 Å². The van der Waals surface area contributed by atoms with Crippen molar-refractivity contribution in [2.24, 2.45) is 5.92 Å². The highest BCUT2D eigenvalue weighted by atomic mass is 32.1. The largest absolute Gasteiger partial charge is 0.449 e. The highest BCUT2D eigenvalue weighted by Gasteiger charge is 2.30. The van der Waals surface area contributed by atoms with E-state index in [9.17, 15) is 14.9 Å². The second-order valence-corrected chi connectivity index (χ2v) is 9.84. The van der Waals surface area contributed by atoms with Crippen LogP contribution in [0.2, 0.25) is 0 Å². The predicted molar refractivity (Wildman–Crippen MR) is 144 cm³/mol. The van der Waals surface area contributed by atoms with Crippen LogP contribution in [-0.2, 0) is 4.74 Å². The van der Waals surface area contributed by atoms with Gasteiger partial charge in [-0.25, -0.2) is 9.48 Å². The Bertz CT molecular complexity index is 1470. The summed E-state index contributed by atoms with van der Waals surface area (Å²) in [5, 5.41) is 22.3. The summed E-state index contributed by atoms with van der Waals surface area (Å²) in [6.07, 6.45) is -0.0653. The van der Waals surface area contributed by atoms with Gasteiger partial charge in [0, 0.05) is 18.1 Å². The minimum absolute atomic E-state index is 0.0616. The highest BCUT2D eigenvalue weighted by Crippen LogP contribution is 2.44. The fraction of sp³-hybridized carbons (Fsp3) is 0.259. The average Bonchev–Trinajstić information content (AvgIpc) is 3.45. The number of nitrogens with zero attached hydrogens (tertiary/aromatic N) is 4. The minimum Gasteiger partial charge on any atom is -0.449 e. The molecule has 0 spiro atoms. The minimum atomic E-state index is -0.592. The van der Waals surface area contributed by atoms with Crippen LogP contribution in [0.3, 0.4) is 0 Å². The van der Waals surface area contributed by atoms with Gasteiger partial charge in [-0.15, -0.1) is 5.10 Å². The molecule has 1 heterocycles. The number of alkyl carbamates (subject to hydrolysis) is 1. The third kappa shape index (κ3) is 4.79. The third-order valence-corrected chi connectivity index (χ3v) is 6.95. The van der Waals surface area contributed by atoms with E-state index in [1.54, 1.807) is 0 Å². The molecule has 0 bridgehead atoms. The number of thiocarbonyl (C=S) groups is 1. The van der Waals surface area contributed by atoms with Crippen molar-refractivity contribution in [1.29, 1.82) is 0 Å². The number of carbonyl (C=O) groups is 1. The van der Waals surface area contributed by atoms with Gasteiger partial charge in [0.1, 0.15) is 22.6 Å². The van der Waals surface area contributed by atoms with E-state index >= 15 is 0 Å². The van der Waals surface area contributed by atoms with Gasteiger partial charge in [-0.1, -0.05) is 79.8 Å². The van der Waals surface area contributed by atoms with Gasteiger partial charge in [0.05, 0.1) is 11.0 Å². The number of carbonyl (C=O) groups excluding carboxylic acids is 1. The Kier molecular flexibility index (Phi) is 6.66. The van der Waals surface area contributed by atoms with Gasteiger partial charge in [0.25, 0.3) is 5.69 Å². The summed E-state index contributed by atoms with van der Waals surface area (Å²) in [6, 6.07) is 20.0. The summed E-state index contributed by atoms with van der Waals surface area (Å²) in [6.45, 7) is 4.21. The lowest BCUT2D eigenvalue weighted by molar-refractivity contribution is -0.384. The molecule has 1 amide bonds. The monoisotopic (exact) mass is 515 g/mol. The maximum absolute atomic E-state index is 13.0. The lowest BCUT2D eigenvalue weighted by Crippen LogP contribution is -2.44. The number of aromatic nitrogens is 3. The Balaban J connectivity index is 1.34. The second kappa shape index (κ2) is 10.1. The number of hydrogen-bond acceptors (Lipinski definition) is 7. The average molecular weight is 516 g/mol. The van der Waals surface area contributed by atoms with Gasteiger partial charge in [0.2, 0.25) is 0 Å². The van der Waals surface area contributed by atoms with Crippen LogP contribution in [0.1, 0.15) is 37.3 Å². The number of fused-ring (bicyclic) bond motifs is 4. The van der Waals surface area contributed by atoms with Gasteiger partial charge < -0.3 is 10.1 Å². The summed E-state index contributed by atoms with van der Waals surface area (Å²) in [4.78, 5) is 24.0. The first-order valence-corrected chi connectivity index (χ1v) is 12.4. The van der Waals surface area contributed by atoms with E-state index in [2.05, 4.69) is 39.9 Å². The first-order chi connectivity index (χ1) is 17.8. The number of ether oxygens (including phenoxy) is 1. The van der Waals surface area contributed by atoms with Crippen molar-refractivity contribution < 1.29 is 14.5 Å². The van der Waals surface area contributed by atoms with Gasteiger partial charge >= 0.3 is 6.09 Å². The van der Waals surface area contributed by atoms with E-state index in [0.29, 0.717) is 17.5 Å². The first kappa shape index (κ1) is 24.5. The van der Waals surface area contributed by atoms with Crippen molar-refractivity contribution in [1.82, 2.24) is 20.3 Å². The Morgan fingerprint density at radius 2 is 1.76 bits per heavy atom. The fourth-order valence-corrected chi connectivity index (χ4v) is 5.10. The number of benzene rings is 3. The maximum Gasteiger partial charge on any atom is 0.407 e. The number of rotatable bonds is 7. The SMILES string of the molecule is CC(C)C[C@H](NC(=O)OCC1c2ccccc2-c2ccccc21)C(=S)n1nnc2ccc([N+](=O)[O-])cc21.